The van der Waals surface area contributed by atoms with Crippen LogP contribution in [-0.2, 0) is 0 Å². The molecule has 2 rings (SSSR count). The lowest BCUT2D eigenvalue weighted by Gasteiger charge is -2.36. The normalized spacial score (nSPS) is 21.9. The molecule has 1 atom stereocenters. The molecule has 0 heterocycles. The van der Waals surface area contributed by atoms with Gasteiger partial charge in [0, 0.05) is 23.9 Å². The Morgan fingerprint density at radius 2 is 2.21 bits per heavy atom. The van der Waals surface area contributed by atoms with Crippen LogP contribution in [0.2, 0.25) is 0 Å². The van der Waals surface area contributed by atoms with Crippen LogP contribution in [-0.4, -0.2) is 11.0 Å². The predicted molar refractivity (Wildman–Crippen MR) is 72.7 cm³/mol. The fourth-order valence-electron chi connectivity index (χ4n) is 2.80. The van der Waals surface area contributed by atoms with Gasteiger partial charge in [0.25, 0.3) is 0 Å². The quantitative estimate of drug-likeness (QED) is 0.661. The van der Waals surface area contributed by atoms with E-state index < -0.39 is 16.4 Å². The number of nitro benzene ring substituents is 1. The van der Waals surface area contributed by atoms with Crippen molar-refractivity contribution in [2.24, 2.45) is 5.41 Å². The maximum atomic E-state index is 13.5. The first kappa shape index (κ1) is 13.8. The minimum absolute atomic E-state index is 0.301. The molecule has 5 heteroatoms. The van der Waals surface area contributed by atoms with Gasteiger partial charge in [0.1, 0.15) is 0 Å². The summed E-state index contributed by atoms with van der Waals surface area (Å²) in [5.41, 5.74) is 0.440. The molecule has 0 aliphatic heterocycles. The Labute approximate surface area is 112 Å². The van der Waals surface area contributed by atoms with Crippen molar-refractivity contribution in [1.82, 2.24) is 0 Å². The molecule has 1 saturated carbocycles. The van der Waals surface area contributed by atoms with Crippen molar-refractivity contribution in [2.75, 3.05) is 5.32 Å². The van der Waals surface area contributed by atoms with Gasteiger partial charge in [0.15, 0.2) is 0 Å². The van der Waals surface area contributed by atoms with Gasteiger partial charge in [-0.3, -0.25) is 10.1 Å². The van der Waals surface area contributed by atoms with E-state index in [9.17, 15) is 14.5 Å². The van der Waals surface area contributed by atoms with E-state index in [1.165, 1.54) is 18.6 Å². The summed E-state index contributed by atoms with van der Waals surface area (Å²) in [7, 11) is 0. The molecule has 0 amide bonds. The van der Waals surface area contributed by atoms with E-state index >= 15 is 0 Å². The van der Waals surface area contributed by atoms with Crippen molar-refractivity contribution in [3.8, 4) is 0 Å². The van der Waals surface area contributed by atoms with E-state index in [-0.39, 0.29) is 0 Å². The van der Waals surface area contributed by atoms with Gasteiger partial charge in [-0.2, -0.15) is 4.39 Å². The molecule has 0 aromatic heterocycles. The molecule has 0 radical (unpaired) electrons. The Morgan fingerprint density at radius 3 is 2.79 bits per heavy atom. The van der Waals surface area contributed by atoms with Crippen LogP contribution in [0.3, 0.4) is 0 Å². The highest BCUT2D eigenvalue weighted by molar-refractivity contribution is 5.50. The number of hydrogen-bond acceptors (Lipinski definition) is 3. The van der Waals surface area contributed by atoms with Crippen LogP contribution in [0.15, 0.2) is 18.2 Å². The maximum absolute atomic E-state index is 13.5. The Morgan fingerprint density at radius 1 is 1.47 bits per heavy atom. The van der Waals surface area contributed by atoms with Gasteiger partial charge >= 0.3 is 5.69 Å². The van der Waals surface area contributed by atoms with Crippen LogP contribution in [0.4, 0.5) is 15.8 Å². The second-order valence-corrected chi connectivity index (χ2v) is 6.03. The van der Waals surface area contributed by atoms with Crippen LogP contribution < -0.4 is 5.32 Å². The lowest BCUT2D eigenvalue weighted by molar-refractivity contribution is -0.387. The minimum Gasteiger partial charge on any atom is -0.382 e. The lowest BCUT2D eigenvalue weighted by atomic mass is 9.75. The highest BCUT2D eigenvalue weighted by Crippen LogP contribution is 2.36. The Hall–Kier alpha value is -1.65. The number of benzene rings is 1. The summed E-state index contributed by atoms with van der Waals surface area (Å²) in [4.78, 5) is 9.85. The van der Waals surface area contributed by atoms with Crippen LogP contribution in [0.5, 0.6) is 0 Å². The highest BCUT2D eigenvalue weighted by Gasteiger charge is 2.28. The summed E-state index contributed by atoms with van der Waals surface area (Å²) in [6.07, 6.45) is 4.45. The summed E-state index contributed by atoms with van der Waals surface area (Å²) < 4.78 is 13.5. The standard InChI is InChI=1S/C14H19FN2O2/c1-14(2)7-3-4-11(9-14)16-10-5-6-13(17(18)19)12(15)8-10/h5-6,8,11,16H,3-4,7,9H2,1-2H3. The number of nitrogens with zero attached hydrogens (tertiary/aromatic N) is 1. The first-order valence-electron chi connectivity index (χ1n) is 6.58. The van der Waals surface area contributed by atoms with Gasteiger partial charge in [0.05, 0.1) is 4.92 Å². The Balaban J connectivity index is 2.07. The summed E-state index contributed by atoms with van der Waals surface area (Å²) in [6, 6.07) is 4.30. The first-order valence-corrected chi connectivity index (χ1v) is 6.58. The van der Waals surface area contributed by atoms with Gasteiger partial charge in [-0.25, -0.2) is 0 Å². The molecule has 1 fully saturated rings. The molecule has 104 valence electrons. The molecule has 1 aliphatic carbocycles. The zero-order chi connectivity index (χ0) is 14.0. The number of halogens is 1. The Kier molecular flexibility index (Phi) is 3.73. The van der Waals surface area contributed by atoms with Crippen LogP contribution in [0.25, 0.3) is 0 Å². The topological polar surface area (TPSA) is 55.2 Å². The molecular formula is C14H19FN2O2. The van der Waals surface area contributed by atoms with Crippen molar-refractivity contribution < 1.29 is 9.31 Å². The summed E-state index contributed by atoms with van der Waals surface area (Å²) in [6.45, 7) is 4.47. The summed E-state index contributed by atoms with van der Waals surface area (Å²) in [5, 5.41) is 13.8. The highest BCUT2D eigenvalue weighted by atomic mass is 19.1. The SMILES string of the molecule is CC1(C)CCCC(Nc2ccc([N+](=O)[O-])c(F)c2)C1. The van der Waals surface area contributed by atoms with Crippen molar-refractivity contribution in [3.63, 3.8) is 0 Å². The third kappa shape index (κ3) is 3.43. The molecular weight excluding hydrogens is 247 g/mol. The minimum atomic E-state index is -0.787. The fraction of sp³-hybridized carbons (Fsp3) is 0.571. The first-order chi connectivity index (χ1) is 8.87. The van der Waals surface area contributed by atoms with Crippen molar-refractivity contribution in [2.45, 2.75) is 45.6 Å². The van der Waals surface area contributed by atoms with E-state index in [2.05, 4.69) is 19.2 Å². The van der Waals surface area contributed by atoms with Crippen molar-refractivity contribution in [1.29, 1.82) is 0 Å². The average molecular weight is 266 g/mol. The van der Waals surface area contributed by atoms with Gasteiger partial charge in [-0.05, 0) is 30.7 Å². The van der Waals surface area contributed by atoms with E-state index in [4.69, 9.17) is 0 Å². The van der Waals surface area contributed by atoms with Gasteiger partial charge in [0.2, 0.25) is 5.82 Å². The van der Waals surface area contributed by atoms with E-state index in [0.29, 0.717) is 17.1 Å². The number of hydrogen-bond donors (Lipinski definition) is 1. The third-order valence-electron chi connectivity index (χ3n) is 3.72. The van der Waals surface area contributed by atoms with Crippen LogP contribution >= 0.6 is 0 Å². The molecule has 1 aromatic rings. The van der Waals surface area contributed by atoms with E-state index in [1.54, 1.807) is 6.07 Å². The molecule has 0 bridgehead atoms. The summed E-state index contributed by atoms with van der Waals surface area (Å²) in [5.74, 6) is -0.787. The predicted octanol–water partition coefficient (Wildman–Crippen LogP) is 4.11. The second-order valence-electron chi connectivity index (χ2n) is 6.03. The smallest absolute Gasteiger partial charge is 0.304 e. The molecule has 0 saturated heterocycles. The fourth-order valence-corrected chi connectivity index (χ4v) is 2.80. The van der Waals surface area contributed by atoms with Gasteiger partial charge in [-0.1, -0.05) is 20.3 Å². The van der Waals surface area contributed by atoms with E-state index in [1.807, 2.05) is 0 Å². The van der Waals surface area contributed by atoms with Gasteiger partial charge in [-0.15, -0.1) is 0 Å². The van der Waals surface area contributed by atoms with Crippen LogP contribution in [0, 0.1) is 21.3 Å². The number of rotatable bonds is 3. The molecule has 1 aliphatic rings. The maximum Gasteiger partial charge on any atom is 0.304 e. The second kappa shape index (κ2) is 5.15. The summed E-state index contributed by atoms with van der Waals surface area (Å²) >= 11 is 0. The van der Waals surface area contributed by atoms with Crippen LogP contribution in [0.1, 0.15) is 39.5 Å². The average Bonchev–Trinajstić information content (AvgIpc) is 2.27. The lowest BCUT2D eigenvalue weighted by Crippen LogP contribution is -2.31. The molecule has 19 heavy (non-hydrogen) atoms. The zero-order valence-corrected chi connectivity index (χ0v) is 11.3. The van der Waals surface area contributed by atoms with E-state index in [0.717, 1.165) is 19.3 Å². The molecule has 4 nitrogen and oxygen atoms in total. The molecule has 1 N–H and O–H groups in total. The van der Waals surface area contributed by atoms with Crippen molar-refractivity contribution in [3.05, 3.63) is 34.1 Å². The molecule has 1 unspecified atom stereocenters. The van der Waals surface area contributed by atoms with Gasteiger partial charge < -0.3 is 5.32 Å². The number of nitrogens with one attached hydrogen (secondary N) is 1. The molecule has 1 aromatic carbocycles. The Bertz CT molecular complexity index is 488. The number of nitro groups is 1. The van der Waals surface area contributed by atoms with Crippen molar-refractivity contribution >= 4 is 11.4 Å². The third-order valence-corrected chi connectivity index (χ3v) is 3.72. The molecule has 0 spiro atoms. The largest absolute Gasteiger partial charge is 0.382 e. The number of anilines is 1. The monoisotopic (exact) mass is 266 g/mol. The zero-order valence-electron chi connectivity index (χ0n) is 11.3.